The number of nitrogens with two attached hydrogens (primary N) is 1. The van der Waals surface area contributed by atoms with E-state index in [2.05, 4.69) is 10.2 Å². The van der Waals surface area contributed by atoms with Crippen LogP contribution in [0.3, 0.4) is 0 Å². The molecule has 15 heavy (non-hydrogen) atoms. The van der Waals surface area contributed by atoms with E-state index in [0.717, 1.165) is 5.56 Å². The van der Waals surface area contributed by atoms with Crippen LogP contribution in [0.4, 0.5) is 4.39 Å². The average Bonchev–Trinajstić information content (AvgIpc) is 2.74. The lowest BCUT2D eigenvalue weighted by atomic mass is 10.2. The molecule has 0 aliphatic heterocycles. The fraction of sp³-hybridized carbons (Fsp3) is 0.111. The van der Waals surface area contributed by atoms with Crippen molar-refractivity contribution in [2.45, 2.75) is 6.54 Å². The van der Waals surface area contributed by atoms with Gasteiger partial charge in [0, 0.05) is 6.54 Å². The van der Waals surface area contributed by atoms with Gasteiger partial charge in [-0.2, -0.15) is 0 Å². The Morgan fingerprint density at radius 2 is 2.33 bits per heavy atom. The first-order valence-electron chi connectivity index (χ1n) is 4.22. The highest BCUT2D eigenvalue weighted by Crippen LogP contribution is 2.25. The fourth-order valence-electron chi connectivity index (χ4n) is 1.06. The zero-order valence-electron chi connectivity index (χ0n) is 7.68. The van der Waals surface area contributed by atoms with Crippen LogP contribution in [-0.4, -0.2) is 10.2 Å². The Morgan fingerprint density at radius 3 is 2.93 bits per heavy atom. The van der Waals surface area contributed by atoms with Gasteiger partial charge in [0.1, 0.15) is 5.51 Å². The summed E-state index contributed by atoms with van der Waals surface area (Å²) in [6, 6.07) is 4.58. The number of hydrogen-bond acceptors (Lipinski definition) is 5. The summed E-state index contributed by atoms with van der Waals surface area (Å²) >= 11 is 1.20. The quantitative estimate of drug-likeness (QED) is 0.867. The predicted octanol–water partition coefficient (Wildman–Crippen LogP) is 1.93. The molecule has 0 amide bonds. The molecular formula is C9H8FN3OS. The minimum Gasteiger partial charge on any atom is -0.427 e. The van der Waals surface area contributed by atoms with Crippen molar-refractivity contribution in [3.63, 3.8) is 0 Å². The molecule has 0 radical (unpaired) electrons. The molecule has 0 fully saturated rings. The summed E-state index contributed by atoms with van der Waals surface area (Å²) in [6.07, 6.45) is 0. The number of ether oxygens (including phenoxy) is 1. The van der Waals surface area contributed by atoms with Crippen LogP contribution in [0.2, 0.25) is 0 Å². The third kappa shape index (κ3) is 2.28. The van der Waals surface area contributed by atoms with E-state index in [1.54, 1.807) is 6.07 Å². The minimum atomic E-state index is -0.451. The molecule has 1 heterocycles. The van der Waals surface area contributed by atoms with Gasteiger partial charge in [0.25, 0.3) is 5.19 Å². The van der Waals surface area contributed by atoms with Crippen molar-refractivity contribution in [2.75, 3.05) is 0 Å². The molecule has 0 saturated heterocycles. The Kier molecular flexibility index (Phi) is 2.89. The molecular weight excluding hydrogens is 217 g/mol. The molecule has 0 saturated carbocycles. The Balaban J connectivity index is 2.22. The Bertz CT molecular complexity index is 447. The van der Waals surface area contributed by atoms with Crippen molar-refractivity contribution in [1.82, 2.24) is 10.2 Å². The zero-order chi connectivity index (χ0) is 10.7. The van der Waals surface area contributed by atoms with Crippen LogP contribution >= 0.6 is 11.3 Å². The highest BCUT2D eigenvalue weighted by Gasteiger charge is 2.07. The normalized spacial score (nSPS) is 10.3. The summed E-state index contributed by atoms with van der Waals surface area (Å²) < 4.78 is 18.6. The standard InChI is InChI=1S/C9H8FN3OS/c10-7-3-6(4-11)1-2-8(7)14-9-13-12-5-15-9/h1-3,5H,4,11H2. The third-order valence-electron chi connectivity index (χ3n) is 1.77. The molecule has 0 spiro atoms. The average molecular weight is 225 g/mol. The van der Waals surface area contributed by atoms with Gasteiger partial charge < -0.3 is 10.5 Å². The predicted molar refractivity (Wildman–Crippen MR) is 54.3 cm³/mol. The van der Waals surface area contributed by atoms with Gasteiger partial charge in [-0.15, -0.1) is 5.10 Å². The second kappa shape index (κ2) is 4.33. The molecule has 2 rings (SSSR count). The van der Waals surface area contributed by atoms with Crippen LogP contribution in [0, 0.1) is 5.82 Å². The Labute approximate surface area is 89.5 Å². The first-order valence-corrected chi connectivity index (χ1v) is 5.10. The number of halogens is 1. The highest BCUT2D eigenvalue weighted by molar-refractivity contribution is 7.11. The highest BCUT2D eigenvalue weighted by atomic mass is 32.1. The molecule has 0 unspecified atom stereocenters. The van der Waals surface area contributed by atoms with Crippen LogP contribution in [0.5, 0.6) is 10.9 Å². The van der Waals surface area contributed by atoms with Gasteiger partial charge in [0.2, 0.25) is 0 Å². The van der Waals surface area contributed by atoms with Crippen molar-refractivity contribution in [2.24, 2.45) is 5.73 Å². The summed E-state index contributed by atoms with van der Waals surface area (Å²) in [5.41, 5.74) is 7.61. The maximum absolute atomic E-state index is 13.4. The van der Waals surface area contributed by atoms with E-state index in [4.69, 9.17) is 10.5 Å². The van der Waals surface area contributed by atoms with Crippen molar-refractivity contribution < 1.29 is 9.13 Å². The smallest absolute Gasteiger partial charge is 0.299 e. The van der Waals surface area contributed by atoms with Crippen molar-refractivity contribution in [1.29, 1.82) is 0 Å². The van der Waals surface area contributed by atoms with Crippen molar-refractivity contribution >= 4 is 11.3 Å². The van der Waals surface area contributed by atoms with E-state index < -0.39 is 5.82 Å². The van der Waals surface area contributed by atoms with Crippen LogP contribution in [-0.2, 0) is 6.54 Å². The largest absolute Gasteiger partial charge is 0.427 e. The Morgan fingerprint density at radius 1 is 1.47 bits per heavy atom. The van der Waals surface area contributed by atoms with Crippen LogP contribution in [0.1, 0.15) is 5.56 Å². The third-order valence-corrected chi connectivity index (χ3v) is 2.34. The molecule has 0 aliphatic carbocycles. The minimum absolute atomic E-state index is 0.129. The second-order valence-electron chi connectivity index (χ2n) is 2.78. The van der Waals surface area contributed by atoms with Gasteiger partial charge in [0.15, 0.2) is 11.6 Å². The molecule has 1 aromatic heterocycles. The molecule has 2 N–H and O–H groups in total. The number of aromatic nitrogens is 2. The van der Waals surface area contributed by atoms with E-state index in [-0.39, 0.29) is 5.75 Å². The van der Waals surface area contributed by atoms with Gasteiger partial charge >= 0.3 is 0 Å². The van der Waals surface area contributed by atoms with E-state index in [1.807, 2.05) is 0 Å². The van der Waals surface area contributed by atoms with Gasteiger partial charge in [0.05, 0.1) is 0 Å². The maximum Gasteiger partial charge on any atom is 0.299 e. The molecule has 0 atom stereocenters. The van der Waals surface area contributed by atoms with E-state index in [0.29, 0.717) is 11.7 Å². The van der Waals surface area contributed by atoms with E-state index in [1.165, 1.54) is 29.0 Å². The second-order valence-corrected chi connectivity index (χ2v) is 3.57. The van der Waals surface area contributed by atoms with E-state index >= 15 is 0 Å². The molecule has 6 heteroatoms. The molecule has 1 aromatic carbocycles. The number of benzene rings is 1. The molecule has 0 bridgehead atoms. The monoisotopic (exact) mass is 225 g/mol. The summed E-state index contributed by atoms with van der Waals surface area (Å²) in [5.74, 6) is -0.322. The van der Waals surface area contributed by atoms with Gasteiger partial charge in [-0.3, -0.25) is 0 Å². The lowest BCUT2D eigenvalue weighted by molar-refractivity contribution is 0.435. The van der Waals surface area contributed by atoms with Gasteiger partial charge in [-0.25, -0.2) is 4.39 Å². The molecule has 4 nitrogen and oxygen atoms in total. The van der Waals surface area contributed by atoms with Gasteiger partial charge in [-0.1, -0.05) is 22.5 Å². The number of nitrogens with zero attached hydrogens (tertiary/aromatic N) is 2. The molecule has 0 aliphatic rings. The van der Waals surface area contributed by atoms with Crippen molar-refractivity contribution in [3.05, 3.63) is 35.1 Å². The van der Waals surface area contributed by atoms with E-state index in [9.17, 15) is 4.39 Å². The van der Waals surface area contributed by atoms with Crippen molar-refractivity contribution in [3.8, 4) is 10.9 Å². The lowest BCUT2D eigenvalue weighted by Crippen LogP contribution is -1.97. The summed E-state index contributed by atoms with van der Waals surface area (Å²) in [4.78, 5) is 0. The Hall–Kier alpha value is -1.53. The maximum atomic E-state index is 13.4. The van der Waals surface area contributed by atoms with Crippen LogP contribution in [0.25, 0.3) is 0 Å². The number of hydrogen-bond donors (Lipinski definition) is 1. The first-order chi connectivity index (χ1) is 7.29. The SMILES string of the molecule is NCc1ccc(Oc2nncs2)c(F)c1. The fourth-order valence-corrected chi connectivity index (χ4v) is 1.47. The summed E-state index contributed by atoms with van der Waals surface area (Å²) in [5, 5.41) is 7.55. The lowest BCUT2D eigenvalue weighted by Gasteiger charge is -2.03. The van der Waals surface area contributed by atoms with Crippen LogP contribution < -0.4 is 10.5 Å². The summed E-state index contributed by atoms with van der Waals surface area (Å²) in [6.45, 7) is 0.302. The topological polar surface area (TPSA) is 61.0 Å². The number of rotatable bonds is 3. The van der Waals surface area contributed by atoms with Gasteiger partial charge in [-0.05, 0) is 17.7 Å². The molecule has 2 aromatic rings. The summed E-state index contributed by atoms with van der Waals surface area (Å²) in [7, 11) is 0. The van der Waals surface area contributed by atoms with Crippen LogP contribution in [0.15, 0.2) is 23.7 Å². The first kappa shape index (κ1) is 10.0. The zero-order valence-corrected chi connectivity index (χ0v) is 8.50. The molecule has 78 valence electrons.